The van der Waals surface area contributed by atoms with Crippen molar-refractivity contribution in [2.45, 2.75) is 163 Å². The fraction of sp³-hybridized carbons (Fsp3) is 0.667. The number of benzene rings is 2. The van der Waals surface area contributed by atoms with Crippen LogP contribution in [-0.2, 0) is 28.5 Å². The molecule has 0 aliphatic carbocycles. The van der Waals surface area contributed by atoms with Crippen LogP contribution >= 0.6 is 0 Å². The quantitative estimate of drug-likeness (QED) is 0.142. The molecule has 0 aromatic heterocycles. The van der Waals surface area contributed by atoms with Gasteiger partial charge in [-0.25, -0.2) is 9.59 Å². The van der Waals surface area contributed by atoms with Gasteiger partial charge in [0, 0.05) is 45.7 Å². The van der Waals surface area contributed by atoms with Crippen LogP contribution in [0.3, 0.4) is 0 Å². The first-order valence-electron chi connectivity index (χ1n) is 21.5. The Kier molecular flexibility index (Phi) is 23.4. The summed E-state index contributed by atoms with van der Waals surface area (Å²) in [6.07, 6.45) is 0.493. The number of Topliss-reactive ketones (excluding diaryl/α,β-unsaturated/α-hetero) is 1. The lowest BCUT2D eigenvalue weighted by molar-refractivity contribution is -0.147. The average Bonchev–Trinajstić information content (AvgIpc) is 3.89. The van der Waals surface area contributed by atoms with Crippen LogP contribution in [0.5, 0.6) is 0 Å². The van der Waals surface area contributed by atoms with Gasteiger partial charge in [-0.1, -0.05) is 81.9 Å². The summed E-state index contributed by atoms with van der Waals surface area (Å²) in [5.74, 6) is -2.18. The molecule has 4 rings (SSSR count). The topological polar surface area (TPSA) is 198 Å². The molecule has 5 N–H and O–H groups in total. The van der Waals surface area contributed by atoms with E-state index in [1.54, 1.807) is 30.8 Å². The number of nitrogens with two attached hydrogens (primary N) is 1. The predicted octanol–water partition coefficient (Wildman–Crippen LogP) is 8.19. The summed E-state index contributed by atoms with van der Waals surface area (Å²) in [6.45, 7) is 19.3. The molecule has 62 heavy (non-hydrogen) atoms. The highest BCUT2D eigenvalue weighted by atomic mass is 16.6. The van der Waals surface area contributed by atoms with E-state index in [2.05, 4.69) is 0 Å². The summed E-state index contributed by atoms with van der Waals surface area (Å²) in [7, 11) is 3.07. The van der Waals surface area contributed by atoms with Gasteiger partial charge in [-0.2, -0.15) is 0 Å². The first-order valence-corrected chi connectivity index (χ1v) is 21.5. The molecule has 10 atom stereocenters. The Hall–Kier alpha value is -4.08. The van der Waals surface area contributed by atoms with E-state index in [0.29, 0.717) is 13.1 Å². The molecule has 14 heteroatoms. The fourth-order valence-corrected chi connectivity index (χ4v) is 7.62. The average molecular weight is 874 g/mol. The van der Waals surface area contributed by atoms with Crippen LogP contribution in [0.1, 0.15) is 132 Å². The van der Waals surface area contributed by atoms with Gasteiger partial charge in [0.1, 0.15) is 17.0 Å². The highest BCUT2D eigenvalue weighted by molar-refractivity contribution is 5.82. The molecule has 2 aliphatic rings. The number of ether oxygens (including phenoxy) is 4. The monoisotopic (exact) mass is 874 g/mol. The summed E-state index contributed by atoms with van der Waals surface area (Å²) in [5.41, 5.74) is 6.06. The largest absolute Gasteiger partial charge is 0.481 e. The lowest BCUT2D eigenvalue weighted by atomic mass is 9.85. The van der Waals surface area contributed by atoms with Crippen molar-refractivity contribution in [3.8, 4) is 0 Å². The van der Waals surface area contributed by atoms with E-state index in [0.717, 1.165) is 36.8 Å². The molecule has 2 amide bonds. The minimum absolute atomic E-state index is 0. The number of carbonyl (C=O) groups is 4. The standard InChI is InChI=1S/C24H37NO5.C14H25NO5.C9H13NO.CH4/c1-16(21(27)18-11-8-7-9-12-18)15-20(26)17(2)22(29-6)19-13-10-14-25(19)23(28)30-24(3,4)5;1-9(12(16)17)11(19-5)10-7-6-8-15(10)13(18)20-14(2,3)4;1-7(10)9(11)8-5-3-2-4-6-8;/h7-9,11-12,16-17,19,21-22,27H,10,13-15H2,1-6H3;9-11H,6-8H2,1-5H3,(H,16,17);2-7,9,11H,10H2,1H3;1H4/t16-,17-,19-,21+,22+;9-,10+,11-;7-,9-;/m011./s1. The minimum atomic E-state index is -0.923. The molecule has 14 nitrogen and oxygen atoms in total. The van der Waals surface area contributed by atoms with Crippen molar-refractivity contribution in [3.05, 3.63) is 71.8 Å². The molecule has 0 bridgehead atoms. The van der Waals surface area contributed by atoms with Crippen LogP contribution in [0.2, 0.25) is 0 Å². The third-order valence-electron chi connectivity index (χ3n) is 10.9. The van der Waals surface area contributed by atoms with Crippen molar-refractivity contribution in [3.63, 3.8) is 0 Å². The lowest BCUT2D eigenvalue weighted by Crippen LogP contribution is -2.49. The smallest absolute Gasteiger partial charge is 0.410 e. The van der Waals surface area contributed by atoms with Crippen LogP contribution in [0.4, 0.5) is 9.59 Å². The maximum atomic E-state index is 13.0. The van der Waals surface area contributed by atoms with E-state index in [4.69, 9.17) is 29.8 Å². The maximum absolute atomic E-state index is 13.0. The van der Waals surface area contributed by atoms with Crippen molar-refractivity contribution < 1.29 is 53.4 Å². The van der Waals surface area contributed by atoms with E-state index in [1.165, 1.54) is 7.11 Å². The number of likely N-dealkylation sites (tertiary alicyclic amines) is 2. The second-order valence-electron chi connectivity index (χ2n) is 18.3. The number of aliphatic carboxylic acids is 1. The molecule has 2 saturated heterocycles. The summed E-state index contributed by atoms with van der Waals surface area (Å²) < 4.78 is 22.0. The molecule has 2 fully saturated rings. The number of carbonyl (C=O) groups excluding carboxylic acids is 3. The van der Waals surface area contributed by atoms with Crippen LogP contribution in [0.15, 0.2) is 60.7 Å². The molecule has 0 radical (unpaired) electrons. The van der Waals surface area contributed by atoms with Gasteiger partial charge in [-0.15, -0.1) is 0 Å². The van der Waals surface area contributed by atoms with Crippen molar-refractivity contribution >= 4 is 23.9 Å². The van der Waals surface area contributed by atoms with Gasteiger partial charge < -0.3 is 49.8 Å². The molecular formula is C48H79N3O11. The van der Waals surface area contributed by atoms with Crippen LogP contribution < -0.4 is 5.73 Å². The molecule has 0 saturated carbocycles. The van der Waals surface area contributed by atoms with Crippen molar-refractivity contribution in [1.82, 2.24) is 9.80 Å². The number of carboxylic acid groups (broad SMARTS) is 1. The number of aliphatic hydroxyl groups excluding tert-OH is 2. The van der Waals surface area contributed by atoms with Gasteiger partial charge in [0.15, 0.2) is 0 Å². The van der Waals surface area contributed by atoms with Gasteiger partial charge in [-0.05, 0) is 98.1 Å². The van der Waals surface area contributed by atoms with Crippen molar-refractivity contribution in [2.24, 2.45) is 23.5 Å². The second kappa shape index (κ2) is 25.9. The zero-order chi connectivity index (χ0) is 46.2. The number of methoxy groups -OCH3 is 2. The second-order valence-corrected chi connectivity index (χ2v) is 18.3. The summed E-state index contributed by atoms with van der Waals surface area (Å²) in [5, 5.41) is 29.2. The summed E-state index contributed by atoms with van der Waals surface area (Å²) in [4.78, 5) is 52.3. The SMILES string of the molecule is C.CO[C@H]([C@@H](C)C(=O)C[C@H](C)[C@@H](O)c1ccccc1)[C@@H]1CCCN1C(=O)OC(C)(C)C.CO[C@H]([C@@H](C)C(=O)O)[C@@H]1CCCN1C(=O)OC(C)(C)C.C[C@@H](N)[C@@H](O)c1ccccc1. The molecule has 2 aromatic carbocycles. The zero-order valence-electron chi connectivity index (χ0n) is 38.6. The molecule has 2 aliphatic heterocycles. The normalized spacial score (nSPS) is 20.2. The Labute approximate surface area is 371 Å². The number of carboxylic acids is 1. The summed E-state index contributed by atoms with van der Waals surface area (Å²) >= 11 is 0. The Morgan fingerprint density at radius 3 is 1.39 bits per heavy atom. The first-order chi connectivity index (χ1) is 28.4. The van der Waals surface area contributed by atoms with Crippen LogP contribution in [0, 0.1) is 17.8 Å². The zero-order valence-corrected chi connectivity index (χ0v) is 38.6. The molecule has 2 heterocycles. The molecule has 2 aromatic rings. The highest BCUT2D eigenvalue weighted by Crippen LogP contribution is 2.32. The minimum Gasteiger partial charge on any atom is -0.481 e. The van der Waals surface area contributed by atoms with E-state index < -0.39 is 59.5 Å². The highest BCUT2D eigenvalue weighted by Gasteiger charge is 2.43. The number of rotatable bonds is 14. The molecule has 0 spiro atoms. The Balaban J connectivity index is 0.000000515. The number of ketones is 1. The van der Waals surface area contributed by atoms with Gasteiger partial charge in [0.05, 0.1) is 42.4 Å². The van der Waals surface area contributed by atoms with Crippen LogP contribution in [-0.4, -0.2) is 118 Å². The van der Waals surface area contributed by atoms with E-state index in [1.807, 2.05) is 116 Å². The number of nitrogens with zero attached hydrogens (tertiary/aromatic N) is 2. The van der Waals surface area contributed by atoms with Crippen LogP contribution in [0.25, 0.3) is 0 Å². The third kappa shape index (κ3) is 17.6. The number of aliphatic hydroxyl groups is 2. The van der Waals surface area contributed by atoms with Gasteiger partial charge >= 0.3 is 18.2 Å². The Morgan fingerprint density at radius 1 is 0.677 bits per heavy atom. The molecular weight excluding hydrogens is 795 g/mol. The first kappa shape index (κ1) is 55.9. The Bertz CT molecular complexity index is 1630. The van der Waals surface area contributed by atoms with Crippen molar-refractivity contribution in [2.75, 3.05) is 27.3 Å². The van der Waals surface area contributed by atoms with E-state index >= 15 is 0 Å². The number of hydrogen-bond donors (Lipinski definition) is 4. The van der Waals surface area contributed by atoms with Gasteiger partial charge in [0.2, 0.25) is 0 Å². The van der Waals surface area contributed by atoms with Gasteiger partial charge in [0.25, 0.3) is 0 Å². The summed E-state index contributed by atoms with van der Waals surface area (Å²) in [6, 6.07) is 18.2. The number of hydrogen-bond acceptors (Lipinski definition) is 11. The maximum Gasteiger partial charge on any atom is 0.410 e. The van der Waals surface area contributed by atoms with E-state index in [-0.39, 0.29) is 49.8 Å². The third-order valence-corrected chi connectivity index (χ3v) is 10.9. The van der Waals surface area contributed by atoms with Crippen molar-refractivity contribution in [1.29, 1.82) is 0 Å². The lowest BCUT2D eigenvalue weighted by Gasteiger charge is -2.35. The van der Waals surface area contributed by atoms with Gasteiger partial charge in [-0.3, -0.25) is 9.59 Å². The Morgan fingerprint density at radius 2 is 1.05 bits per heavy atom. The predicted molar refractivity (Wildman–Crippen MR) is 241 cm³/mol. The molecule has 352 valence electrons. The fourth-order valence-electron chi connectivity index (χ4n) is 7.62. The molecule has 0 unspecified atom stereocenters. The number of amides is 2. The van der Waals surface area contributed by atoms with E-state index in [9.17, 15) is 29.4 Å².